The fraction of sp³-hybridized carbons (Fsp3) is 0.370. The van der Waals surface area contributed by atoms with E-state index in [-0.39, 0.29) is 54.2 Å². The van der Waals surface area contributed by atoms with Crippen molar-refractivity contribution in [2.45, 2.75) is 58.0 Å². The first-order valence-electron chi connectivity index (χ1n) is 20.6. The van der Waals surface area contributed by atoms with Gasteiger partial charge in [0.15, 0.2) is 11.6 Å². The summed E-state index contributed by atoms with van der Waals surface area (Å²) in [5.74, 6) is -2.73. The number of anilines is 2. The Balaban J connectivity index is 0.000000240. The molecule has 5 amide bonds. The van der Waals surface area contributed by atoms with Crippen LogP contribution in [0.15, 0.2) is 84.9 Å². The van der Waals surface area contributed by atoms with Crippen LogP contribution in [0.5, 0.6) is 11.5 Å². The number of carbonyl (C=O) groups is 5. The number of Topliss-reactive ketones (excluding diaryl/α,β-unsaturated/α-hetero) is 2. The maximum Gasteiger partial charge on any atom is 0.324 e. The Hall–Kier alpha value is -6.49. The van der Waals surface area contributed by atoms with Gasteiger partial charge in [0.2, 0.25) is 0 Å². The summed E-state index contributed by atoms with van der Waals surface area (Å²) in [6, 6.07) is 21.5. The van der Waals surface area contributed by atoms with Crippen molar-refractivity contribution in [3.8, 4) is 11.5 Å². The molecule has 2 heterocycles. The molecule has 0 radical (unpaired) electrons. The standard InChI is InChI=1S/C24H26F3N3O4.C22H26FN3O3/c1-34-19-7-5-6-18(13-19)30(24(33)29-10-3-2-4-11-29)15-17-9-8-16(12-20(17)25)21(31)14-28-23(32)22(26)27;1-29-19-7-5-6-18(13-19)26(22(28)25-10-3-2-4-11-25)15-17-9-8-16(12-20(17)23)21(27)14-24/h5-9,12-13,22H,2-4,10-11,14-15H2,1H3,(H,28,32);5-9,12-13H,2-4,10-11,14-15,24H2,1H3. The van der Waals surface area contributed by atoms with Gasteiger partial charge in [0.1, 0.15) is 23.1 Å². The van der Waals surface area contributed by atoms with E-state index < -0.39 is 36.3 Å². The molecule has 0 saturated carbocycles. The molecule has 2 aliphatic rings. The Morgan fingerprint density at radius 3 is 1.44 bits per heavy atom. The topological polar surface area (TPSA) is 155 Å². The summed E-state index contributed by atoms with van der Waals surface area (Å²) < 4.78 is 64.7. The number of nitrogens with two attached hydrogens (primary N) is 1. The molecule has 0 spiro atoms. The van der Waals surface area contributed by atoms with Crippen LogP contribution in [0.4, 0.5) is 38.5 Å². The average molecular weight is 877 g/mol. The first-order chi connectivity index (χ1) is 30.3. The molecular formula is C46H52F4N6O7. The van der Waals surface area contributed by atoms with Gasteiger partial charge >= 0.3 is 18.5 Å². The molecule has 17 heteroatoms. The number of ketones is 2. The smallest absolute Gasteiger partial charge is 0.324 e. The zero-order valence-corrected chi connectivity index (χ0v) is 35.3. The number of amides is 5. The number of benzene rings is 4. The Labute approximate surface area is 363 Å². The lowest BCUT2D eigenvalue weighted by Gasteiger charge is -2.33. The number of hydrogen-bond donors (Lipinski definition) is 2. The van der Waals surface area contributed by atoms with Crippen LogP contribution in [0, 0.1) is 11.6 Å². The molecule has 6 rings (SSSR count). The Morgan fingerprint density at radius 1 is 0.635 bits per heavy atom. The van der Waals surface area contributed by atoms with Gasteiger partial charge < -0.3 is 30.3 Å². The number of halogens is 4. The predicted molar refractivity (Wildman–Crippen MR) is 230 cm³/mol. The van der Waals surface area contributed by atoms with Crippen molar-refractivity contribution >= 4 is 40.9 Å². The SMILES string of the molecule is COc1cccc(N(Cc2ccc(C(=O)CN)cc2F)C(=O)N2CCCCC2)c1.COc1cccc(N(Cc2ccc(C(=O)CNC(=O)C(F)F)cc2F)C(=O)N2CCCCC2)c1. The van der Waals surface area contributed by atoms with Gasteiger partial charge in [0.05, 0.1) is 40.4 Å². The molecule has 4 aromatic rings. The second-order valence-electron chi connectivity index (χ2n) is 14.9. The Kier molecular flexibility index (Phi) is 17.4. The molecule has 0 bridgehead atoms. The summed E-state index contributed by atoms with van der Waals surface area (Å²) in [5, 5.41) is 1.80. The summed E-state index contributed by atoms with van der Waals surface area (Å²) >= 11 is 0. The minimum atomic E-state index is -3.24. The van der Waals surface area contributed by atoms with Crippen LogP contribution in [0.25, 0.3) is 0 Å². The van der Waals surface area contributed by atoms with Crippen LogP contribution in [-0.4, -0.2) is 99.2 Å². The molecule has 0 atom stereocenters. The highest BCUT2D eigenvalue weighted by atomic mass is 19.3. The number of rotatable bonds is 14. The molecule has 0 aliphatic carbocycles. The fourth-order valence-corrected chi connectivity index (χ4v) is 7.11. The van der Waals surface area contributed by atoms with E-state index in [9.17, 15) is 41.5 Å². The van der Waals surface area contributed by atoms with Gasteiger partial charge in [0.25, 0.3) is 5.91 Å². The molecule has 2 fully saturated rings. The minimum absolute atomic E-state index is 0.0471. The van der Waals surface area contributed by atoms with E-state index >= 15 is 0 Å². The van der Waals surface area contributed by atoms with Crippen molar-refractivity contribution < 1.29 is 51.0 Å². The lowest BCUT2D eigenvalue weighted by molar-refractivity contribution is -0.131. The van der Waals surface area contributed by atoms with E-state index in [4.69, 9.17) is 15.2 Å². The first-order valence-corrected chi connectivity index (χ1v) is 20.6. The molecule has 63 heavy (non-hydrogen) atoms. The van der Waals surface area contributed by atoms with Gasteiger partial charge in [-0.2, -0.15) is 8.78 Å². The van der Waals surface area contributed by atoms with Crippen molar-refractivity contribution in [2.24, 2.45) is 5.73 Å². The Morgan fingerprint density at radius 2 is 1.06 bits per heavy atom. The number of carbonyl (C=O) groups excluding carboxylic acids is 5. The van der Waals surface area contributed by atoms with Crippen molar-refractivity contribution in [3.05, 3.63) is 119 Å². The number of alkyl halides is 2. The highest BCUT2D eigenvalue weighted by Gasteiger charge is 2.27. The summed E-state index contributed by atoms with van der Waals surface area (Å²) in [6.45, 7) is 1.69. The maximum absolute atomic E-state index is 14.9. The van der Waals surface area contributed by atoms with Crippen LogP contribution in [0.3, 0.4) is 0 Å². The van der Waals surface area contributed by atoms with Crippen LogP contribution < -0.4 is 30.3 Å². The average Bonchev–Trinajstić information content (AvgIpc) is 3.32. The van der Waals surface area contributed by atoms with E-state index in [0.29, 0.717) is 54.6 Å². The normalized spacial score (nSPS) is 13.7. The number of methoxy groups -OCH3 is 2. The Bertz CT molecular complexity index is 2230. The summed E-state index contributed by atoms with van der Waals surface area (Å²) in [5.41, 5.74) is 7.16. The zero-order valence-electron chi connectivity index (χ0n) is 35.3. The second-order valence-corrected chi connectivity index (χ2v) is 14.9. The number of nitrogens with zero attached hydrogens (tertiary/aromatic N) is 4. The van der Waals surface area contributed by atoms with Gasteiger partial charge in [-0.25, -0.2) is 18.4 Å². The molecule has 2 aliphatic heterocycles. The number of piperidine rings is 2. The molecule has 2 saturated heterocycles. The van der Waals surface area contributed by atoms with Crippen molar-refractivity contribution in [1.29, 1.82) is 0 Å². The van der Waals surface area contributed by atoms with Crippen LogP contribution in [0.1, 0.15) is 70.4 Å². The maximum atomic E-state index is 14.9. The number of urea groups is 2. The quantitative estimate of drug-likeness (QED) is 0.0970. The third kappa shape index (κ3) is 13.0. The van der Waals surface area contributed by atoms with Crippen molar-refractivity contribution in [2.75, 3.05) is 63.3 Å². The van der Waals surface area contributed by atoms with E-state index in [1.807, 2.05) is 0 Å². The third-order valence-corrected chi connectivity index (χ3v) is 10.7. The van der Waals surface area contributed by atoms with Gasteiger partial charge in [-0.15, -0.1) is 0 Å². The monoisotopic (exact) mass is 876 g/mol. The van der Waals surface area contributed by atoms with Crippen LogP contribution in [-0.2, 0) is 17.9 Å². The summed E-state index contributed by atoms with van der Waals surface area (Å²) in [4.78, 5) is 68.0. The predicted octanol–water partition coefficient (Wildman–Crippen LogP) is 7.60. The minimum Gasteiger partial charge on any atom is -0.497 e. The van der Waals surface area contributed by atoms with Gasteiger partial charge in [-0.1, -0.05) is 36.4 Å². The fourth-order valence-electron chi connectivity index (χ4n) is 7.11. The van der Waals surface area contributed by atoms with Gasteiger partial charge in [-0.3, -0.25) is 24.2 Å². The number of nitrogens with one attached hydrogen (secondary N) is 1. The molecule has 13 nitrogen and oxygen atoms in total. The molecule has 0 unspecified atom stereocenters. The highest BCUT2D eigenvalue weighted by Crippen LogP contribution is 2.28. The molecule has 336 valence electrons. The number of ether oxygens (including phenoxy) is 2. The second kappa shape index (κ2) is 23.1. The lowest BCUT2D eigenvalue weighted by atomic mass is 10.1. The summed E-state index contributed by atoms with van der Waals surface area (Å²) in [6.07, 6.45) is 2.62. The zero-order chi connectivity index (χ0) is 45.5. The molecule has 3 N–H and O–H groups in total. The van der Waals surface area contributed by atoms with E-state index in [2.05, 4.69) is 0 Å². The highest BCUT2D eigenvalue weighted by molar-refractivity contribution is 6.00. The van der Waals surface area contributed by atoms with E-state index in [0.717, 1.165) is 44.6 Å². The van der Waals surface area contributed by atoms with Crippen LogP contribution in [0.2, 0.25) is 0 Å². The number of hydrogen-bond acceptors (Lipinski definition) is 8. The molecule has 0 aromatic heterocycles. The van der Waals surface area contributed by atoms with Crippen molar-refractivity contribution in [3.63, 3.8) is 0 Å². The van der Waals surface area contributed by atoms with Crippen LogP contribution >= 0.6 is 0 Å². The van der Waals surface area contributed by atoms with Gasteiger partial charge in [-0.05, 0) is 74.9 Å². The molecular weight excluding hydrogens is 825 g/mol. The lowest BCUT2D eigenvalue weighted by Crippen LogP contribution is -2.45. The van der Waals surface area contributed by atoms with E-state index in [1.165, 1.54) is 36.3 Å². The summed E-state index contributed by atoms with van der Waals surface area (Å²) in [7, 11) is 3.07. The van der Waals surface area contributed by atoms with Gasteiger partial charge in [0, 0.05) is 71.9 Å². The number of likely N-dealkylation sites (tertiary alicyclic amines) is 2. The third-order valence-electron chi connectivity index (χ3n) is 10.7. The molecule has 4 aromatic carbocycles. The first kappa shape index (κ1) is 47.6. The van der Waals surface area contributed by atoms with Crippen molar-refractivity contribution in [1.82, 2.24) is 15.1 Å². The van der Waals surface area contributed by atoms with E-state index in [1.54, 1.807) is 81.7 Å². The largest absolute Gasteiger partial charge is 0.497 e.